The van der Waals surface area contributed by atoms with Gasteiger partial charge < -0.3 is 24.6 Å². The highest BCUT2D eigenvalue weighted by Crippen LogP contribution is 2.30. The van der Waals surface area contributed by atoms with E-state index in [1.165, 1.54) is 16.8 Å². The van der Waals surface area contributed by atoms with Crippen LogP contribution in [0.25, 0.3) is 0 Å². The number of nitrogens with zero attached hydrogens (tertiary/aromatic N) is 2. The lowest BCUT2D eigenvalue weighted by atomic mass is 10.0. The minimum Gasteiger partial charge on any atom is -0.497 e. The minimum atomic E-state index is -0.160. The minimum absolute atomic E-state index is 0.0874. The third kappa shape index (κ3) is 4.07. The van der Waals surface area contributed by atoms with Crippen LogP contribution in [0.3, 0.4) is 0 Å². The first-order valence-corrected chi connectivity index (χ1v) is 9.45. The maximum Gasteiger partial charge on any atom is 0.255 e. The predicted molar refractivity (Wildman–Crippen MR) is 112 cm³/mol. The molecule has 1 amide bonds. The summed E-state index contributed by atoms with van der Waals surface area (Å²) in [5, 5.41) is 3.06. The molecule has 0 radical (unpaired) electrons. The summed E-state index contributed by atoms with van der Waals surface area (Å²) in [5.74, 6) is 0.994. The number of fused-ring (bicyclic) bond motifs is 1. The third-order valence-electron chi connectivity index (χ3n) is 5.35. The maximum absolute atomic E-state index is 12.8. The summed E-state index contributed by atoms with van der Waals surface area (Å²) in [4.78, 5) is 17.2. The highest BCUT2D eigenvalue weighted by Gasteiger charge is 2.21. The Morgan fingerprint density at radius 2 is 1.96 bits per heavy atom. The number of ether oxygens (including phenoxy) is 2. The second-order valence-electron chi connectivity index (χ2n) is 7.32. The molecule has 1 atom stereocenters. The summed E-state index contributed by atoms with van der Waals surface area (Å²) in [7, 11) is 9.33. The molecule has 0 bridgehead atoms. The molecule has 0 saturated heterocycles. The van der Waals surface area contributed by atoms with Gasteiger partial charge in [-0.1, -0.05) is 12.1 Å². The monoisotopic (exact) mass is 383 g/mol. The molecule has 1 heterocycles. The summed E-state index contributed by atoms with van der Waals surface area (Å²) in [6, 6.07) is 11.9. The van der Waals surface area contributed by atoms with Crippen molar-refractivity contribution in [3.05, 3.63) is 53.1 Å². The lowest BCUT2D eigenvalue weighted by Gasteiger charge is -2.26. The maximum atomic E-state index is 12.8. The van der Waals surface area contributed by atoms with Gasteiger partial charge in [-0.15, -0.1) is 0 Å². The molecule has 150 valence electrons. The zero-order chi connectivity index (χ0) is 20.3. The van der Waals surface area contributed by atoms with Crippen LogP contribution in [0, 0.1) is 0 Å². The molecule has 0 unspecified atom stereocenters. The van der Waals surface area contributed by atoms with Gasteiger partial charge in [0.15, 0.2) is 0 Å². The van der Waals surface area contributed by atoms with Crippen molar-refractivity contribution in [3.63, 3.8) is 0 Å². The van der Waals surface area contributed by atoms with E-state index in [1.54, 1.807) is 32.4 Å². The van der Waals surface area contributed by atoms with Gasteiger partial charge in [0.2, 0.25) is 0 Å². The predicted octanol–water partition coefficient (Wildman–Crippen LogP) is 2.73. The highest BCUT2D eigenvalue weighted by molar-refractivity contribution is 5.97. The van der Waals surface area contributed by atoms with Crippen molar-refractivity contribution in [2.75, 3.05) is 53.4 Å². The van der Waals surface area contributed by atoms with Crippen LogP contribution in [0.15, 0.2) is 36.4 Å². The van der Waals surface area contributed by atoms with Crippen molar-refractivity contribution in [1.29, 1.82) is 0 Å². The molecule has 0 saturated carbocycles. The molecule has 0 aliphatic carbocycles. The van der Waals surface area contributed by atoms with Crippen LogP contribution < -0.4 is 19.7 Å². The first kappa shape index (κ1) is 20.0. The summed E-state index contributed by atoms with van der Waals surface area (Å²) < 4.78 is 10.6. The van der Waals surface area contributed by atoms with Crippen LogP contribution in [0.4, 0.5) is 5.69 Å². The number of hydrogen-bond donors (Lipinski definition) is 1. The fourth-order valence-electron chi connectivity index (χ4n) is 3.66. The first-order chi connectivity index (χ1) is 13.4. The second kappa shape index (κ2) is 8.52. The van der Waals surface area contributed by atoms with E-state index in [2.05, 4.69) is 40.4 Å². The smallest absolute Gasteiger partial charge is 0.255 e. The molecule has 1 aliphatic rings. The number of anilines is 1. The SMILES string of the molecule is COc1ccc(C(=O)NC[C@H](c2ccc3c(c2)CCN3C)N(C)C)c(OC)c1. The Balaban J connectivity index is 1.75. The molecule has 1 N–H and O–H groups in total. The van der Waals surface area contributed by atoms with Gasteiger partial charge in [-0.25, -0.2) is 0 Å². The van der Waals surface area contributed by atoms with Gasteiger partial charge in [0.25, 0.3) is 5.91 Å². The molecule has 6 nitrogen and oxygen atoms in total. The molecule has 2 aromatic rings. The molecular formula is C22H29N3O3. The normalized spacial score (nSPS) is 14.0. The number of rotatable bonds is 7. The van der Waals surface area contributed by atoms with Crippen molar-refractivity contribution >= 4 is 11.6 Å². The highest BCUT2D eigenvalue weighted by atomic mass is 16.5. The van der Waals surface area contributed by atoms with Gasteiger partial charge in [-0.2, -0.15) is 0 Å². The van der Waals surface area contributed by atoms with Crippen LogP contribution in [-0.2, 0) is 6.42 Å². The molecule has 0 fully saturated rings. The van der Waals surface area contributed by atoms with Crippen molar-refractivity contribution < 1.29 is 14.3 Å². The summed E-state index contributed by atoms with van der Waals surface area (Å²) >= 11 is 0. The van der Waals surface area contributed by atoms with Gasteiger partial charge in [0.1, 0.15) is 11.5 Å². The standard InChI is InChI=1S/C22H29N3O3/c1-24(2)20(15-6-9-19-16(12-15)10-11-25(19)3)14-23-22(26)18-8-7-17(27-4)13-21(18)28-5/h6-9,12-13,20H,10-11,14H2,1-5H3,(H,23,26)/t20-/m1/s1. The van der Waals surface area contributed by atoms with E-state index in [9.17, 15) is 4.79 Å². The van der Waals surface area contributed by atoms with Gasteiger partial charge in [-0.05, 0) is 49.8 Å². The number of benzene rings is 2. The number of likely N-dealkylation sites (N-methyl/N-ethyl adjacent to an activating group) is 2. The number of hydrogen-bond acceptors (Lipinski definition) is 5. The van der Waals surface area contributed by atoms with Crippen LogP contribution in [0.1, 0.15) is 27.5 Å². The molecule has 2 aromatic carbocycles. The van der Waals surface area contributed by atoms with Gasteiger partial charge in [0.05, 0.1) is 25.8 Å². The van der Waals surface area contributed by atoms with Crippen molar-refractivity contribution in [3.8, 4) is 11.5 Å². The van der Waals surface area contributed by atoms with Crippen LogP contribution >= 0.6 is 0 Å². The molecule has 3 rings (SSSR count). The Kier molecular flexibility index (Phi) is 6.09. The second-order valence-corrected chi connectivity index (χ2v) is 7.32. The van der Waals surface area contributed by atoms with Gasteiger partial charge in [-0.3, -0.25) is 4.79 Å². The van der Waals surface area contributed by atoms with E-state index in [4.69, 9.17) is 9.47 Å². The zero-order valence-corrected chi connectivity index (χ0v) is 17.3. The van der Waals surface area contributed by atoms with Crippen LogP contribution in [0.2, 0.25) is 0 Å². The Morgan fingerprint density at radius 3 is 2.64 bits per heavy atom. The van der Waals surface area contributed by atoms with Gasteiger partial charge in [0, 0.05) is 31.9 Å². The summed E-state index contributed by atoms with van der Waals surface area (Å²) in [6.45, 7) is 1.56. The van der Waals surface area contributed by atoms with Crippen molar-refractivity contribution in [2.45, 2.75) is 12.5 Å². The lowest BCUT2D eigenvalue weighted by molar-refractivity contribution is 0.0939. The molecular weight excluding hydrogens is 354 g/mol. The average molecular weight is 383 g/mol. The van der Waals surface area contributed by atoms with E-state index in [0.717, 1.165) is 13.0 Å². The topological polar surface area (TPSA) is 54.0 Å². The van der Waals surface area contributed by atoms with E-state index in [-0.39, 0.29) is 11.9 Å². The van der Waals surface area contributed by atoms with E-state index in [1.807, 2.05) is 14.1 Å². The first-order valence-electron chi connectivity index (χ1n) is 9.45. The van der Waals surface area contributed by atoms with E-state index < -0.39 is 0 Å². The number of carbonyl (C=O) groups excluding carboxylic acids is 1. The van der Waals surface area contributed by atoms with E-state index >= 15 is 0 Å². The Labute approximate surface area is 167 Å². The van der Waals surface area contributed by atoms with Gasteiger partial charge >= 0.3 is 0 Å². The fraction of sp³-hybridized carbons (Fsp3) is 0.409. The summed E-state index contributed by atoms with van der Waals surface area (Å²) in [6.07, 6.45) is 1.06. The molecule has 1 aliphatic heterocycles. The number of amides is 1. The largest absolute Gasteiger partial charge is 0.497 e. The lowest BCUT2D eigenvalue weighted by Crippen LogP contribution is -2.34. The molecule has 6 heteroatoms. The number of carbonyl (C=O) groups is 1. The quantitative estimate of drug-likeness (QED) is 0.797. The molecule has 0 aromatic heterocycles. The summed E-state index contributed by atoms with van der Waals surface area (Å²) in [5.41, 5.74) is 4.38. The zero-order valence-electron chi connectivity index (χ0n) is 17.3. The Morgan fingerprint density at radius 1 is 1.18 bits per heavy atom. The van der Waals surface area contributed by atoms with Crippen molar-refractivity contribution in [1.82, 2.24) is 10.2 Å². The van der Waals surface area contributed by atoms with Crippen molar-refractivity contribution in [2.24, 2.45) is 0 Å². The van der Waals surface area contributed by atoms with Crippen LogP contribution in [-0.4, -0.2) is 59.3 Å². The van der Waals surface area contributed by atoms with E-state index in [0.29, 0.717) is 23.6 Å². The fourth-order valence-corrected chi connectivity index (χ4v) is 3.66. The molecule has 28 heavy (non-hydrogen) atoms. The average Bonchev–Trinajstić information content (AvgIpc) is 3.07. The Hall–Kier alpha value is -2.73. The third-order valence-corrected chi connectivity index (χ3v) is 5.35. The Bertz CT molecular complexity index is 851. The number of nitrogens with one attached hydrogen (secondary N) is 1. The molecule has 0 spiro atoms. The van der Waals surface area contributed by atoms with Crippen LogP contribution in [0.5, 0.6) is 11.5 Å². The number of methoxy groups -OCH3 is 2.